The Kier molecular flexibility index (Phi) is 4.41. The Balaban J connectivity index is 1.59. The van der Waals surface area contributed by atoms with Gasteiger partial charge in [-0.15, -0.1) is 0 Å². The lowest BCUT2D eigenvalue weighted by Gasteiger charge is -2.23. The van der Waals surface area contributed by atoms with Gasteiger partial charge >= 0.3 is 6.01 Å². The Morgan fingerprint density at radius 2 is 2.19 bits per heavy atom. The molecule has 2 amide bonds. The number of primary amides is 1. The highest BCUT2D eigenvalue weighted by atomic mass is 32.2. The van der Waals surface area contributed by atoms with Gasteiger partial charge in [-0.3, -0.25) is 14.9 Å². The molecule has 2 saturated heterocycles. The van der Waals surface area contributed by atoms with E-state index in [2.05, 4.69) is 20.8 Å². The molecule has 3 atom stereocenters. The molecule has 1 aromatic carbocycles. The van der Waals surface area contributed by atoms with Gasteiger partial charge in [0.15, 0.2) is 0 Å². The highest BCUT2D eigenvalue weighted by Crippen LogP contribution is 2.42. The maximum Gasteiger partial charge on any atom is 0.322 e. The van der Waals surface area contributed by atoms with E-state index in [1.807, 2.05) is 12.1 Å². The third-order valence-electron chi connectivity index (χ3n) is 4.88. The van der Waals surface area contributed by atoms with Gasteiger partial charge in [-0.25, -0.2) is 0 Å². The smallest absolute Gasteiger partial charge is 0.322 e. The number of nitrogens with zero attached hydrogens (tertiary/aromatic N) is 2. The van der Waals surface area contributed by atoms with E-state index in [1.165, 1.54) is 25.1 Å². The molecule has 2 fully saturated rings. The third kappa shape index (κ3) is 3.32. The number of benzene rings is 1. The summed E-state index contributed by atoms with van der Waals surface area (Å²) in [5.74, 6) is -0.401. The molecule has 2 aromatic rings. The van der Waals surface area contributed by atoms with Crippen molar-refractivity contribution in [1.82, 2.24) is 15.5 Å². The fourth-order valence-corrected chi connectivity index (χ4v) is 4.58. The van der Waals surface area contributed by atoms with Crippen molar-refractivity contribution in [2.45, 2.75) is 54.3 Å². The topological polar surface area (TPSA) is 123 Å². The zero-order valence-corrected chi connectivity index (χ0v) is 15.0. The lowest BCUT2D eigenvalue weighted by molar-refractivity contribution is -0.114. The Bertz CT molecular complexity index is 868. The van der Waals surface area contributed by atoms with Gasteiger partial charge in [0.1, 0.15) is 0 Å². The SMILES string of the molecule is CC(=O)Nc1nnc(Sc2ccc(C(N)=O)c([C@H]3C[C@H]4CC[C@@H]3N4)c2)o1. The van der Waals surface area contributed by atoms with E-state index in [1.54, 1.807) is 6.07 Å². The first-order valence-corrected chi connectivity index (χ1v) is 9.30. The zero-order valence-electron chi connectivity index (χ0n) is 14.2. The van der Waals surface area contributed by atoms with Crippen LogP contribution in [0.25, 0.3) is 0 Å². The molecule has 0 unspecified atom stereocenters. The summed E-state index contributed by atoms with van der Waals surface area (Å²) in [4.78, 5) is 23.8. The Hall–Kier alpha value is -2.39. The van der Waals surface area contributed by atoms with Crippen molar-refractivity contribution in [3.8, 4) is 0 Å². The van der Waals surface area contributed by atoms with Crippen molar-refractivity contribution in [3.05, 3.63) is 29.3 Å². The van der Waals surface area contributed by atoms with Gasteiger partial charge in [-0.2, -0.15) is 0 Å². The molecule has 26 heavy (non-hydrogen) atoms. The van der Waals surface area contributed by atoms with E-state index in [0.29, 0.717) is 22.9 Å². The minimum Gasteiger partial charge on any atom is -0.397 e. The summed E-state index contributed by atoms with van der Waals surface area (Å²) < 4.78 is 5.40. The summed E-state index contributed by atoms with van der Waals surface area (Å²) in [5.41, 5.74) is 7.13. The second-order valence-corrected chi connectivity index (χ2v) is 7.68. The van der Waals surface area contributed by atoms with Crippen molar-refractivity contribution >= 4 is 29.6 Å². The summed E-state index contributed by atoms with van der Waals surface area (Å²) >= 11 is 1.28. The van der Waals surface area contributed by atoms with Crippen LogP contribution in [0, 0.1) is 0 Å². The summed E-state index contributed by atoms with van der Waals surface area (Å²) in [6.07, 6.45) is 3.33. The molecule has 1 aromatic heterocycles. The maximum absolute atomic E-state index is 11.9. The van der Waals surface area contributed by atoms with Gasteiger partial charge in [0.05, 0.1) is 0 Å². The second kappa shape index (κ2) is 6.73. The Morgan fingerprint density at radius 1 is 1.35 bits per heavy atom. The molecule has 0 spiro atoms. The number of nitrogens with one attached hydrogen (secondary N) is 2. The highest BCUT2D eigenvalue weighted by molar-refractivity contribution is 7.99. The highest BCUT2D eigenvalue weighted by Gasteiger charge is 2.41. The first-order valence-electron chi connectivity index (χ1n) is 8.48. The predicted octanol–water partition coefficient (Wildman–Crippen LogP) is 1.89. The van der Waals surface area contributed by atoms with E-state index in [4.69, 9.17) is 10.2 Å². The van der Waals surface area contributed by atoms with Crippen LogP contribution in [-0.2, 0) is 4.79 Å². The summed E-state index contributed by atoms with van der Waals surface area (Å²) in [6.45, 7) is 1.37. The van der Waals surface area contributed by atoms with Crippen molar-refractivity contribution in [3.63, 3.8) is 0 Å². The van der Waals surface area contributed by atoms with Crippen LogP contribution in [0.1, 0.15) is 48.0 Å². The minimum atomic E-state index is -0.412. The van der Waals surface area contributed by atoms with Crippen LogP contribution in [-0.4, -0.2) is 34.1 Å². The minimum absolute atomic E-state index is 0.0614. The number of hydrogen-bond donors (Lipinski definition) is 3. The number of rotatable bonds is 5. The molecule has 2 aliphatic heterocycles. The van der Waals surface area contributed by atoms with Gasteiger partial charge < -0.3 is 15.5 Å². The molecule has 2 aliphatic rings. The van der Waals surface area contributed by atoms with Crippen molar-refractivity contribution < 1.29 is 14.0 Å². The van der Waals surface area contributed by atoms with E-state index < -0.39 is 5.91 Å². The number of nitrogens with two attached hydrogens (primary N) is 1. The van der Waals surface area contributed by atoms with E-state index in [9.17, 15) is 9.59 Å². The van der Waals surface area contributed by atoms with Crippen LogP contribution < -0.4 is 16.4 Å². The normalized spacial score (nSPS) is 24.0. The second-order valence-electron chi connectivity index (χ2n) is 6.66. The maximum atomic E-state index is 11.9. The molecule has 136 valence electrons. The van der Waals surface area contributed by atoms with Gasteiger partial charge in [-0.1, -0.05) is 10.2 Å². The first kappa shape index (κ1) is 17.0. The number of fused-ring (bicyclic) bond motifs is 2. The van der Waals surface area contributed by atoms with Crippen molar-refractivity contribution in [2.24, 2.45) is 5.73 Å². The van der Waals surface area contributed by atoms with Crippen LogP contribution in [0.5, 0.6) is 0 Å². The monoisotopic (exact) mass is 373 g/mol. The van der Waals surface area contributed by atoms with Crippen LogP contribution in [0.4, 0.5) is 6.01 Å². The van der Waals surface area contributed by atoms with Crippen LogP contribution in [0.3, 0.4) is 0 Å². The van der Waals surface area contributed by atoms with Crippen molar-refractivity contribution in [2.75, 3.05) is 5.32 Å². The molecule has 3 heterocycles. The number of amides is 2. The number of carbonyl (C=O) groups is 2. The molecule has 9 heteroatoms. The Labute approximate surface area is 154 Å². The van der Waals surface area contributed by atoms with E-state index in [-0.39, 0.29) is 17.8 Å². The average molecular weight is 373 g/mol. The summed E-state index contributed by atoms with van der Waals surface area (Å²) in [6, 6.07) is 6.55. The quantitative estimate of drug-likeness (QED) is 0.731. The summed E-state index contributed by atoms with van der Waals surface area (Å²) in [7, 11) is 0. The summed E-state index contributed by atoms with van der Waals surface area (Å²) in [5, 5.41) is 14.0. The zero-order chi connectivity index (χ0) is 18.3. The number of anilines is 1. The number of aromatic nitrogens is 2. The fourth-order valence-electron chi connectivity index (χ4n) is 3.86. The standard InChI is InChI=1S/C17H19N5O3S/c1-8(23)19-16-21-22-17(25-16)26-10-3-4-11(15(18)24)12(7-10)13-6-9-2-5-14(13)20-9/h3-4,7,9,13-14,20H,2,5-6H2,1H3,(H2,18,24)(H,19,21,23)/t9-,13-,14+/m1/s1. The molecule has 0 aliphatic carbocycles. The van der Waals surface area contributed by atoms with Crippen LogP contribution >= 0.6 is 11.8 Å². The molecular formula is C17H19N5O3S. The molecule has 8 nitrogen and oxygen atoms in total. The number of hydrogen-bond acceptors (Lipinski definition) is 7. The molecule has 0 saturated carbocycles. The van der Waals surface area contributed by atoms with E-state index >= 15 is 0 Å². The van der Waals surface area contributed by atoms with Crippen molar-refractivity contribution in [1.29, 1.82) is 0 Å². The molecule has 4 N–H and O–H groups in total. The molecule has 4 rings (SSSR count). The molecule has 0 radical (unpaired) electrons. The largest absolute Gasteiger partial charge is 0.397 e. The average Bonchev–Trinajstić information content (AvgIpc) is 3.31. The predicted molar refractivity (Wildman–Crippen MR) is 95.0 cm³/mol. The van der Waals surface area contributed by atoms with Gasteiger partial charge in [0.25, 0.3) is 5.22 Å². The lowest BCUT2D eigenvalue weighted by atomic mass is 9.82. The molecule has 2 bridgehead atoms. The first-order chi connectivity index (χ1) is 12.5. The van der Waals surface area contributed by atoms with Gasteiger partial charge in [-0.05, 0) is 54.8 Å². The Morgan fingerprint density at radius 3 is 2.85 bits per heavy atom. The lowest BCUT2D eigenvalue weighted by Crippen LogP contribution is -2.24. The molecular weight excluding hydrogens is 354 g/mol. The van der Waals surface area contributed by atoms with Crippen LogP contribution in [0.2, 0.25) is 0 Å². The third-order valence-corrected chi connectivity index (χ3v) is 5.71. The van der Waals surface area contributed by atoms with Gasteiger partial charge in [0, 0.05) is 35.4 Å². The van der Waals surface area contributed by atoms with E-state index in [0.717, 1.165) is 23.3 Å². The van der Waals surface area contributed by atoms with Gasteiger partial charge in [0.2, 0.25) is 11.8 Å². The fraction of sp³-hybridized carbons (Fsp3) is 0.412. The number of carbonyl (C=O) groups excluding carboxylic acids is 2. The van der Waals surface area contributed by atoms with Crippen LogP contribution in [0.15, 0.2) is 32.7 Å².